The molecule has 0 heterocycles. The Morgan fingerprint density at radius 1 is 1.44 bits per heavy atom. The molecule has 0 radical (unpaired) electrons. The van der Waals surface area contributed by atoms with Crippen molar-refractivity contribution >= 4 is 0 Å². The summed E-state index contributed by atoms with van der Waals surface area (Å²) in [6.45, 7) is 5.83. The molecule has 0 N–H and O–H groups in total. The lowest BCUT2D eigenvalue weighted by Crippen LogP contribution is -2.21. The first-order valence-corrected chi connectivity index (χ1v) is 3.31. The summed E-state index contributed by atoms with van der Waals surface area (Å²) in [6, 6.07) is 0. The molecule has 0 aromatic heterocycles. The molecule has 2 atom stereocenters. The van der Waals surface area contributed by atoms with Crippen molar-refractivity contribution in [2.24, 2.45) is 0 Å². The minimum Gasteiger partial charge on any atom is -0.369 e. The summed E-state index contributed by atoms with van der Waals surface area (Å²) in [5.41, 5.74) is -0.175. The molecule has 0 spiro atoms. The Morgan fingerprint density at radius 3 is 2.00 bits per heavy atom. The van der Waals surface area contributed by atoms with Crippen molar-refractivity contribution in [3.63, 3.8) is 0 Å². The topological polar surface area (TPSA) is 9.23 Å². The molecule has 0 aromatic carbocycles. The number of halogens is 1. The third-order valence-electron chi connectivity index (χ3n) is 1.16. The highest BCUT2D eigenvalue weighted by Gasteiger charge is 2.41. The molecule has 1 saturated carbocycles. The van der Waals surface area contributed by atoms with Gasteiger partial charge in [0.2, 0.25) is 0 Å². The second-order valence-corrected chi connectivity index (χ2v) is 3.52. The highest BCUT2D eigenvalue weighted by molar-refractivity contribution is 4.89. The van der Waals surface area contributed by atoms with E-state index in [4.69, 9.17) is 4.74 Å². The average molecular weight is 132 g/mol. The van der Waals surface area contributed by atoms with Gasteiger partial charge in [0, 0.05) is 6.42 Å². The molecule has 2 unspecified atom stereocenters. The van der Waals surface area contributed by atoms with E-state index in [9.17, 15) is 4.39 Å². The minimum atomic E-state index is -0.691. The van der Waals surface area contributed by atoms with E-state index in [0.717, 1.165) is 0 Å². The van der Waals surface area contributed by atoms with Crippen LogP contribution in [0, 0.1) is 0 Å². The fourth-order valence-electron chi connectivity index (χ4n) is 0.719. The lowest BCUT2D eigenvalue weighted by molar-refractivity contribution is -0.0241. The first-order chi connectivity index (χ1) is 3.99. The maximum atomic E-state index is 12.2. The van der Waals surface area contributed by atoms with Crippen molar-refractivity contribution in [1.29, 1.82) is 0 Å². The lowest BCUT2D eigenvalue weighted by Gasteiger charge is -2.18. The van der Waals surface area contributed by atoms with E-state index < -0.39 is 6.17 Å². The minimum absolute atomic E-state index is 0.106. The highest BCUT2D eigenvalue weighted by atomic mass is 19.1. The van der Waals surface area contributed by atoms with Crippen LogP contribution in [-0.4, -0.2) is 17.9 Å². The van der Waals surface area contributed by atoms with Crippen molar-refractivity contribution in [3.05, 3.63) is 0 Å². The van der Waals surface area contributed by atoms with Gasteiger partial charge in [0.1, 0.15) is 6.17 Å². The van der Waals surface area contributed by atoms with Crippen molar-refractivity contribution < 1.29 is 9.13 Å². The van der Waals surface area contributed by atoms with Gasteiger partial charge in [0.15, 0.2) is 0 Å². The third kappa shape index (κ3) is 2.31. The third-order valence-corrected chi connectivity index (χ3v) is 1.16. The Balaban J connectivity index is 2.19. The van der Waals surface area contributed by atoms with Crippen LogP contribution in [0.2, 0.25) is 0 Å². The SMILES string of the molecule is CC(C)(C)OC1CC1F. The summed E-state index contributed by atoms with van der Waals surface area (Å²) < 4.78 is 17.5. The zero-order valence-corrected chi connectivity index (χ0v) is 6.15. The maximum absolute atomic E-state index is 12.2. The smallest absolute Gasteiger partial charge is 0.129 e. The summed E-state index contributed by atoms with van der Waals surface area (Å²) in [4.78, 5) is 0. The van der Waals surface area contributed by atoms with Gasteiger partial charge in [-0.25, -0.2) is 4.39 Å². The molecule has 1 rings (SSSR count). The van der Waals surface area contributed by atoms with Crippen LogP contribution in [0.3, 0.4) is 0 Å². The molecule has 54 valence electrons. The summed E-state index contributed by atoms with van der Waals surface area (Å²) in [5, 5.41) is 0. The largest absolute Gasteiger partial charge is 0.369 e. The maximum Gasteiger partial charge on any atom is 0.129 e. The zero-order chi connectivity index (χ0) is 7.07. The number of rotatable bonds is 1. The highest BCUT2D eigenvalue weighted by Crippen LogP contribution is 2.32. The second kappa shape index (κ2) is 1.94. The monoisotopic (exact) mass is 132 g/mol. The molecule has 1 nitrogen and oxygen atoms in total. The van der Waals surface area contributed by atoms with Gasteiger partial charge in [-0.2, -0.15) is 0 Å². The summed E-state index contributed by atoms with van der Waals surface area (Å²) in [6.07, 6.45) is -0.203. The fourth-order valence-corrected chi connectivity index (χ4v) is 0.719. The van der Waals surface area contributed by atoms with Crippen LogP contribution >= 0.6 is 0 Å². The summed E-state index contributed by atoms with van der Waals surface area (Å²) in [7, 11) is 0. The van der Waals surface area contributed by atoms with Gasteiger partial charge >= 0.3 is 0 Å². The molecule has 0 amide bonds. The number of alkyl halides is 1. The predicted molar refractivity (Wildman–Crippen MR) is 34.1 cm³/mol. The zero-order valence-electron chi connectivity index (χ0n) is 6.15. The molecule has 0 aliphatic heterocycles. The molecule has 1 aliphatic rings. The quantitative estimate of drug-likeness (QED) is 0.529. The van der Waals surface area contributed by atoms with Crippen LogP contribution < -0.4 is 0 Å². The average Bonchev–Trinajstić information content (AvgIpc) is 2.13. The molecule has 9 heavy (non-hydrogen) atoms. The van der Waals surface area contributed by atoms with Gasteiger partial charge in [-0.05, 0) is 20.8 Å². The normalized spacial score (nSPS) is 34.7. The van der Waals surface area contributed by atoms with E-state index in [1.54, 1.807) is 0 Å². The first-order valence-electron chi connectivity index (χ1n) is 3.31. The Labute approximate surface area is 55.2 Å². The molecule has 1 fully saturated rings. The van der Waals surface area contributed by atoms with Gasteiger partial charge in [0.05, 0.1) is 11.7 Å². The molecular formula is C7H13FO. The van der Waals surface area contributed by atoms with E-state index >= 15 is 0 Å². The standard InChI is InChI=1S/C7H13FO/c1-7(2,3)9-6-4-5(6)8/h5-6H,4H2,1-3H3. The van der Waals surface area contributed by atoms with E-state index in [1.165, 1.54) is 0 Å². The Kier molecular flexibility index (Phi) is 1.51. The molecule has 2 heteroatoms. The summed E-state index contributed by atoms with van der Waals surface area (Å²) >= 11 is 0. The van der Waals surface area contributed by atoms with Gasteiger partial charge in [-0.3, -0.25) is 0 Å². The molecule has 0 aromatic rings. The second-order valence-electron chi connectivity index (χ2n) is 3.52. The Bertz CT molecular complexity index is 106. The van der Waals surface area contributed by atoms with E-state index in [-0.39, 0.29) is 11.7 Å². The van der Waals surface area contributed by atoms with Gasteiger partial charge in [-0.15, -0.1) is 0 Å². The molecular weight excluding hydrogens is 119 g/mol. The van der Waals surface area contributed by atoms with Crippen LogP contribution in [0.25, 0.3) is 0 Å². The molecule has 1 aliphatic carbocycles. The predicted octanol–water partition coefficient (Wildman–Crippen LogP) is 1.91. The Morgan fingerprint density at radius 2 is 1.89 bits per heavy atom. The fraction of sp³-hybridized carbons (Fsp3) is 1.00. The number of hydrogen-bond acceptors (Lipinski definition) is 1. The van der Waals surface area contributed by atoms with E-state index in [2.05, 4.69) is 0 Å². The van der Waals surface area contributed by atoms with Crippen LogP contribution in [0.1, 0.15) is 27.2 Å². The van der Waals surface area contributed by atoms with E-state index in [1.807, 2.05) is 20.8 Å². The van der Waals surface area contributed by atoms with Crippen LogP contribution in [-0.2, 0) is 4.74 Å². The number of hydrogen-bond donors (Lipinski definition) is 0. The van der Waals surface area contributed by atoms with Gasteiger partial charge in [0.25, 0.3) is 0 Å². The molecule has 0 bridgehead atoms. The first kappa shape index (κ1) is 7.00. The van der Waals surface area contributed by atoms with Crippen LogP contribution in [0.5, 0.6) is 0 Å². The van der Waals surface area contributed by atoms with Gasteiger partial charge < -0.3 is 4.74 Å². The van der Waals surface area contributed by atoms with Crippen molar-refractivity contribution in [2.45, 2.75) is 45.1 Å². The van der Waals surface area contributed by atoms with Crippen molar-refractivity contribution in [1.82, 2.24) is 0 Å². The van der Waals surface area contributed by atoms with Crippen LogP contribution in [0.15, 0.2) is 0 Å². The lowest BCUT2D eigenvalue weighted by atomic mass is 10.2. The summed E-state index contributed by atoms with van der Waals surface area (Å²) in [5.74, 6) is 0. The van der Waals surface area contributed by atoms with Crippen molar-refractivity contribution in [3.8, 4) is 0 Å². The van der Waals surface area contributed by atoms with Crippen LogP contribution in [0.4, 0.5) is 4.39 Å². The number of ether oxygens (including phenoxy) is 1. The van der Waals surface area contributed by atoms with E-state index in [0.29, 0.717) is 6.42 Å². The molecule has 0 saturated heterocycles. The van der Waals surface area contributed by atoms with Crippen molar-refractivity contribution in [2.75, 3.05) is 0 Å². The van der Waals surface area contributed by atoms with Gasteiger partial charge in [-0.1, -0.05) is 0 Å². The Hall–Kier alpha value is -0.110.